The van der Waals surface area contributed by atoms with E-state index in [0.29, 0.717) is 0 Å². The van der Waals surface area contributed by atoms with Crippen LogP contribution in [0.1, 0.15) is 17.9 Å². The minimum Gasteiger partial charge on any atom is -0.497 e. The molecule has 0 radical (unpaired) electrons. The smallest absolute Gasteiger partial charge is 0.321 e. The highest BCUT2D eigenvalue weighted by Gasteiger charge is 2.33. The summed E-state index contributed by atoms with van der Waals surface area (Å²) in [6.07, 6.45) is 0.864. The van der Waals surface area contributed by atoms with Crippen LogP contribution in [0, 0.1) is 0 Å². The molecule has 86 valence electrons. The Morgan fingerprint density at radius 1 is 1.44 bits per heavy atom. The van der Waals surface area contributed by atoms with Crippen LogP contribution in [0.15, 0.2) is 24.3 Å². The minimum atomic E-state index is -0.779. The van der Waals surface area contributed by atoms with Crippen molar-refractivity contribution in [1.82, 2.24) is 5.32 Å². The highest BCUT2D eigenvalue weighted by molar-refractivity contribution is 5.75. The van der Waals surface area contributed by atoms with E-state index >= 15 is 0 Å². The monoisotopic (exact) mass is 221 g/mol. The topological polar surface area (TPSA) is 58.6 Å². The van der Waals surface area contributed by atoms with Gasteiger partial charge in [0.05, 0.1) is 7.11 Å². The van der Waals surface area contributed by atoms with Gasteiger partial charge >= 0.3 is 5.97 Å². The highest BCUT2D eigenvalue weighted by Crippen LogP contribution is 2.29. The van der Waals surface area contributed by atoms with Gasteiger partial charge in [0.15, 0.2) is 0 Å². The van der Waals surface area contributed by atoms with Gasteiger partial charge in [0.1, 0.15) is 11.8 Å². The fourth-order valence-corrected chi connectivity index (χ4v) is 2.17. The number of ether oxygens (including phenoxy) is 1. The fraction of sp³-hybridized carbons (Fsp3) is 0.417. The Bertz CT molecular complexity index is 374. The van der Waals surface area contributed by atoms with Crippen molar-refractivity contribution in [1.29, 1.82) is 0 Å². The zero-order chi connectivity index (χ0) is 11.5. The van der Waals surface area contributed by atoms with E-state index in [9.17, 15) is 4.79 Å². The van der Waals surface area contributed by atoms with Gasteiger partial charge in [-0.3, -0.25) is 4.79 Å². The number of carboxylic acid groups (broad SMARTS) is 1. The molecule has 1 aliphatic heterocycles. The summed E-state index contributed by atoms with van der Waals surface area (Å²) in [5.74, 6) is 0.0725. The Morgan fingerprint density at radius 2 is 2.12 bits per heavy atom. The normalized spacial score (nSPS) is 24.3. The van der Waals surface area contributed by atoms with Crippen molar-refractivity contribution in [2.45, 2.75) is 18.4 Å². The number of hydrogen-bond donors (Lipinski definition) is 2. The van der Waals surface area contributed by atoms with Gasteiger partial charge in [-0.15, -0.1) is 0 Å². The van der Waals surface area contributed by atoms with E-state index in [-0.39, 0.29) is 5.92 Å². The molecule has 0 spiro atoms. The zero-order valence-electron chi connectivity index (χ0n) is 9.14. The Labute approximate surface area is 94.2 Å². The molecule has 1 saturated heterocycles. The standard InChI is InChI=1S/C12H15NO3/c1-16-9-4-2-8(3-5-9)10-6-7-13-11(10)12(14)15/h2-5,10-11,13H,6-7H2,1H3,(H,14,15). The number of rotatable bonds is 3. The number of carbonyl (C=O) groups is 1. The molecule has 0 saturated carbocycles. The maximum Gasteiger partial charge on any atom is 0.321 e. The zero-order valence-corrected chi connectivity index (χ0v) is 9.14. The Kier molecular flexibility index (Phi) is 3.10. The largest absolute Gasteiger partial charge is 0.497 e. The molecule has 4 nitrogen and oxygen atoms in total. The minimum absolute atomic E-state index is 0.0587. The molecule has 1 heterocycles. The van der Waals surface area contributed by atoms with Crippen LogP contribution in [0.2, 0.25) is 0 Å². The molecule has 4 heteroatoms. The van der Waals surface area contributed by atoms with Crippen LogP contribution in [0.3, 0.4) is 0 Å². The van der Waals surface area contributed by atoms with Gasteiger partial charge in [0.2, 0.25) is 0 Å². The van der Waals surface area contributed by atoms with E-state index in [2.05, 4.69) is 5.32 Å². The first-order valence-corrected chi connectivity index (χ1v) is 5.32. The maximum absolute atomic E-state index is 11.0. The summed E-state index contributed by atoms with van der Waals surface area (Å²) in [7, 11) is 1.62. The number of nitrogens with one attached hydrogen (secondary N) is 1. The number of hydrogen-bond acceptors (Lipinski definition) is 3. The third-order valence-electron chi connectivity index (χ3n) is 3.03. The highest BCUT2D eigenvalue weighted by atomic mass is 16.5. The van der Waals surface area contributed by atoms with E-state index in [1.165, 1.54) is 0 Å². The average molecular weight is 221 g/mol. The average Bonchev–Trinajstić information content (AvgIpc) is 2.78. The molecule has 0 aromatic heterocycles. The van der Waals surface area contributed by atoms with Crippen LogP contribution in [0.5, 0.6) is 5.75 Å². The Morgan fingerprint density at radius 3 is 2.69 bits per heavy atom. The van der Waals surface area contributed by atoms with Gasteiger partial charge in [-0.1, -0.05) is 12.1 Å². The summed E-state index contributed by atoms with van der Waals surface area (Å²) in [5.41, 5.74) is 1.05. The summed E-state index contributed by atoms with van der Waals surface area (Å²) in [4.78, 5) is 11.0. The summed E-state index contributed by atoms with van der Waals surface area (Å²) >= 11 is 0. The molecule has 1 aromatic carbocycles. The van der Waals surface area contributed by atoms with Crippen molar-refractivity contribution in [3.05, 3.63) is 29.8 Å². The SMILES string of the molecule is COc1ccc(C2CCNC2C(=O)O)cc1. The Balaban J connectivity index is 2.19. The van der Waals surface area contributed by atoms with Gasteiger partial charge in [-0.25, -0.2) is 0 Å². The van der Waals surface area contributed by atoms with Gasteiger partial charge in [0.25, 0.3) is 0 Å². The second kappa shape index (κ2) is 4.53. The first-order chi connectivity index (χ1) is 7.72. The number of carboxylic acids is 1. The second-order valence-corrected chi connectivity index (χ2v) is 3.94. The molecule has 2 rings (SSSR count). The second-order valence-electron chi connectivity index (χ2n) is 3.94. The molecule has 2 N–H and O–H groups in total. The van der Waals surface area contributed by atoms with Gasteiger partial charge in [0, 0.05) is 5.92 Å². The molecular weight excluding hydrogens is 206 g/mol. The molecule has 1 fully saturated rings. The lowest BCUT2D eigenvalue weighted by atomic mass is 9.92. The van der Waals surface area contributed by atoms with Crippen LogP contribution in [-0.4, -0.2) is 30.8 Å². The third-order valence-corrected chi connectivity index (χ3v) is 3.03. The van der Waals surface area contributed by atoms with Gasteiger partial charge < -0.3 is 15.2 Å². The third kappa shape index (κ3) is 2.02. The number of aliphatic carboxylic acids is 1. The molecule has 16 heavy (non-hydrogen) atoms. The lowest BCUT2D eigenvalue weighted by molar-refractivity contribution is -0.139. The van der Waals surface area contributed by atoms with Crippen LogP contribution in [-0.2, 0) is 4.79 Å². The molecule has 1 aliphatic rings. The van der Waals surface area contributed by atoms with Gasteiger partial charge in [-0.05, 0) is 30.7 Å². The molecule has 0 amide bonds. The Hall–Kier alpha value is -1.55. The quantitative estimate of drug-likeness (QED) is 0.806. The predicted octanol–water partition coefficient (Wildman–Crippen LogP) is 1.23. The van der Waals surface area contributed by atoms with Crippen molar-refractivity contribution in [3.8, 4) is 5.75 Å². The lowest BCUT2D eigenvalue weighted by Crippen LogP contribution is -2.34. The van der Waals surface area contributed by atoms with Crippen molar-refractivity contribution in [2.75, 3.05) is 13.7 Å². The maximum atomic E-state index is 11.0. The van der Waals surface area contributed by atoms with Crippen LogP contribution in [0.4, 0.5) is 0 Å². The summed E-state index contributed by atoms with van der Waals surface area (Å²) in [6, 6.07) is 7.14. The fourth-order valence-electron chi connectivity index (χ4n) is 2.17. The molecular formula is C12H15NO3. The van der Waals surface area contributed by atoms with E-state index < -0.39 is 12.0 Å². The van der Waals surface area contributed by atoms with Crippen LogP contribution < -0.4 is 10.1 Å². The van der Waals surface area contributed by atoms with Crippen molar-refractivity contribution in [3.63, 3.8) is 0 Å². The molecule has 2 atom stereocenters. The molecule has 1 aromatic rings. The molecule has 2 unspecified atom stereocenters. The number of methoxy groups -OCH3 is 1. The van der Waals surface area contributed by atoms with Crippen molar-refractivity contribution < 1.29 is 14.6 Å². The number of benzene rings is 1. The predicted molar refractivity (Wildman–Crippen MR) is 59.8 cm³/mol. The van der Waals surface area contributed by atoms with Gasteiger partial charge in [-0.2, -0.15) is 0 Å². The summed E-state index contributed by atoms with van der Waals surface area (Å²) in [5, 5.41) is 12.1. The first-order valence-electron chi connectivity index (χ1n) is 5.32. The van der Waals surface area contributed by atoms with Crippen LogP contribution in [0.25, 0.3) is 0 Å². The van der Waals surface area contributed by atoms with Crippen molar-refractivity contribution in [2.24, 2.45) is 0 Å². The van der Waals surface area contributed by atoms with E-state index in [4.69, 9.17) is 9.84 Å². The molecule has 0 bridgehead atoms. The van der Waals surface area contributed by atoms with E-state index in [1.54, 1.807) is 7.11 Å². The molecule has 0 aliphatic carbocycles. The van der Waals surface area contributed by atoms with Crippen molar-refractivity contribution >= 4 is 5.97 Å². The van der Waals surface area contributed by atoms with Crippen LogP contribution >= 0.6 is 0 Å². The van der Waals surface area contributed by atoms with E-state index in [0.717, 1.165) is 24.3 Å². The summed E-state index contributed by atoms with van der Waals surface area (Å²) in [6.45, 7) is 0.758. The lowest BCUT2D eigenvalue weighted by Gasteiger charge is -2.16. The first kappa shape index (κ1) is 11.0. The summed E-state index contributed by atoms with van der Waals surface area (Å²) < 4.78 is 5.07. The van der Waals surface area contributed by atoms with E-state index in [1.807, 2.05) is 24.3 Å².